The number of nitrogens with zero attached hydrogens (tertiary/aromatic N) is 1. The number of aliphatic carboxylic acids is 1. The topological polar surface area (TPSA) is 69.6 Å². The number of carbonyl (C=O) groups excluding carboxylic acids is 1. The third-order valence-electron chi connectivity index (χ3n) is 4.18. The quantitative estimate of drug-likeness (QED) is 0.864. The molecule has 0 aliphatic carbocycles. The van der Waals surface area contributed by atoms with E-state index >= 15 is 0 Å². The molecule has 0 spiro atoms. The normalized spacial score (nSPS) is 17.8. The summed E-state index contributed by atoms with van der Waals surface area (Å²) in [6.45, 7) is 7.54. The second kappa shape index (κ2) is 8.31. The van der Waals surface area contributed by atoms with Crippen molar-refractivity contribution in [3.8, 4) is 0 Å². The molecular weight excluding hydrogens is 316 g/mol. The third-order valence-corrected chi connectivity index (χ3v) is 4.18. The van der Waals surface area contributed by atoms with Crippen molar-refractivity contribution in [3.05, 3.63) is 29.3 Å². The molecule has 1 saturated heterocycles. The Kier molecular flexibility index (Phi) is 7.03. The minimum absolute atomic E-state index is 0. The standard InChI is InChI=1S/C17H24N2O3.ClH/c1-11(2)14-6-4-5-12(3)16(14)18-15(20)10-19-8-7-13(9-19)17(21)22;/h4-6,11,13H,7-10H2,1-3H3,(H,18,20)(H,21,22);1H. The van der Waals surface area contributed by atoms with E-state index in [0.717, 1.165) is 16.8 Å². The third kappa shape index (κ3) is 4.94. The Morgan fingerprint density at radius 3 is 2.65 bits per heavy atom. The number of hydrogen-bond donors (Lipinski definition) is 2. The molecule has 0 radical (unpaired) electrons. The lowest BCUT2D eigenvalue weighted by Crippen LogP contribution is -2.32. The molecule has 1 atom stereocenters. The first kappa shape index (κ1) is 19.5. The molecule has 5 nitrogen and oxygen atoms in total. The molecule has 6 heteroatoms. The summed E-state index contributed by atoms with van der Waals surface area (Å²) in [6, 6.07) is 6.01. The van der Waals surface area contributed by atoms with Gasteiger partial charge in [-0.1, -0.05) is 32.0 Å². The maximum atomic E-state index is 12.3. The van der Waals surface area contributed by atoms with Gasteiger partial charge in [-0.05, 0) is 36.9 Å². The summed E-state index contributed by atoms with van der Waals surface area (Å²) in [7, 11) is 0. The number of anilines is 1. The first-order chi connectivity index (χ1) is 10.4. The van der Waals surface area contributed by atoms with E-state index in [4.69, 9.17) is 5.11 Å². The number of benzene rings is 1. The van der Waals surface area contributed by atoms with Gasteiger partial charge in [-0.25, -0.2) is 0 Å². The Morgan fingerprint density at radius 1 is 1.39 bits per heavy atom. The molecule has 1 unspecified atom stereocenters. The van der Waals surface area contributed by atoms with Crippen molar-refractivity contribution in [2.24, 2.45) is 5.92 Å². The number of nitrogens with one attached hydrogen (secondary N) is 1. The monoisotopic (exact) mass is 340 g/mol. The van der Waals surface area contributed by atoms with Crippen molar-refractivity contribution < 1.29 is 14.7 Å². The molecule has 1 fully saturated rings. The SMILES string of the molecule is Cc1cccc(C(C)C)c1NC(=O)CN1CCC(C(=O)O)C1.Cl. The van der Waals surface area contributed by atoms with Crippen LogP contribution in [-0.4, -0.2) is 41.5 Å². The van der Waals surface area contributed by atoms with Crippen LogP contribution in [0, 0.1) is 12.8 Å². The zero-order valence-electron chi connectivity index (χ0n) is 13.8. The van der Waals surface area contributed by atoms with Crippen LogP contribution in [0.1, 0.15) is 37.3 Å². The fraction of sp³-hybridized carbons (Fsp3) is 0.529. The average Bonchev–Trinajstić information content (AvgIpc) is 2.89. The van der Waals surface area contributed by atoms with E-state index in [9.17, 15) is 9.59 Å². The van der Waals surface area contributed by atoms with Gasteiger partial charge in [0.05, 0.1) is 12.5 Å². The highest BCUT2D eigenvalue weighted by atomic mass is 35.5. The van der Waals surface area contributed by atoms with E-state index in [1.54, 1.807) is 0 Å². The van der Waals surface area contributed by atoms with Gasteiger partial charge in [-0.2, -0.15) is 0 Å². The van der Waals surface area contributed by atoms with Crippen LogP contribution in [0.25, 0.3) is 0 Å². The van der Waals surface area contributed by atoms with Crippen LogP contribution in [0.15, 0.2) is 18.2 Å². The van der Waals surface area contributed by atoms with Crippen molar-refractivity contribution in [1.82, 2.24) is 4.90 Å². The number of halogens is 1. The molecule has 128 valence electrons. The molecule has 1 aromatic rings. The summed E-state index contributed by atoms with van der Waals surface area (Å²) in [5, 5.41) is 12.0. The van der Waals surface area contributed by atoms with Crippen LogP contribution < -0.4 is 5.32 Å². The number of carbonyl (C=O) groups is 2. The van der Waals surface area contributed by atoms with E-state index < -0.39 is 5.97 Å². The number of para-hydroxylation sites is 1. The summed E-state index contributed by atoms with van der Waals surface area (Å²) in [4.78, 5) is 25.1. The van der Waals surface area contributed by atoms with Crippen molar-refractivity contribution in [3.63, 3.8) is 0 Å². The predicted octanol–water partition coefficient (Wildman–Crippen LogP) is 2.89. The minimum Gasteiger partial charge on any atom is -0.481 e. The number of likely N-dealkylation sites (tertiary alicyclic amines) is 1. The summed E-state index contributed by atoms with van der Waals surface area (Å²) in [5.74, 6) is -0.873. The van der Waals surface area contributed by atoms with Crippen molar-refractivity contribution in [1.29, 1.82) is 0 Å². The number of carboxylic acids is 1. The molecule has 0 saturated carbocycles. The van der Waals surface area contributed by atoms with Crippen molar-refractivity contribution in [2.75, 3.05) is 25.0 Å². The zero-order valence-corrected chi connectivity index (χ0v) is 14.7. The summed E-state index contributed by atoms with van der Waals surface area (Å²) < 4.78 is 0. The van der Waals surface area contributed by atoms with Crippen LogP contribution in [-0.2, 0) is 9.59 Å². The molecule has 1 aliphatic heterocycles. The lowest BCUT2D eigenvalue weighted by atomic mass is 9.98. The number of aryl methyl sites for hydroxylation is 1. The zero-order chi connectivity index (χ0) is 16.3. The van der Waals surface area contributed by atoms with Gasteiger partial charge in [0.15, 0.2) is 0 Å². The number of hydrogen-bond acceptors (Lipinski definition) is 3. The smallest absolute Gasteiger partial charge is 0.307 e. The van der Waals surface area contributed by atoms with Crippen molar-refractivity contribution in [2.45, 2.75) is 33.1 Å². The van der Waals surface area contributed by atoms with E-state index in [0.29, 0.717) is 25.4 Å². The van der Waals surface area contributed by atoms with E-state index in [-0.39, 0.29) is 30.8 Å². The van der Waals surface area contributed by atoms with E-state index in [2.05, 4.69) is 19.2 Å². The van der Waals surface area contributed by atoms with Gasteiger partial charge in [0, 0.05) is 12.2 Å². The van der Waals surface area contributed by atoms with E-state index in [1.807, 2.05) is 30.0 Å². The first-order valence-electron chi connectivity index (χ1n) is 7.73. The Morgan fingerprint density at radius 2 is 2.09 bits per heavy atom. The minimum atomic E-state index is -0.774. The van der Waals surface area contributed by atoms with Gasteiger partial charge in [-0.3, -0.25) is 14.5 Å². The predicted molar refractivity (Wildman–Crippen MR) is 93.3 cm³/mol. The summed E-state index contributed by atoms with van der Waals surface area (Å²) in [5.41, 5.74) is 3.05. The first-order valence-corrected chi connectivity index (χ1v) is 7.73. The second-order valence-corrected chi connectivity index (χ2v) is 6.30. The molecule has 0 bridgehead atoms. The van der Waals surface area contributed by atoms with E-state index in [1.165, 1.54) is 0 Å². The molecule has 2 N–H and O–H groups in total. The number of amides is 1. The van der Waals surface area contributed by atoms with Crippen LogP contribution in [0.3, 0.4) is 0 Å². The largest absolute Gasteiger partial charge is 0.481 e. The maximum absolute atomic E-state index is 12.3. The molecule has 1 aliphatic rings. The molecule has 1 amide bonds. The van der Waals surface area contributed by atoms with Crippen molar-refractivity contribution >= 4 is 30.0 Å². The van der Waals surface area contributed by atoms with Gasteiger partial charge < -0.3 is 10.4 Å². The highest BCUT2D eigenvalue weighted by Crippen LogP contribution is 2.27. The van der Waals surface area contributed by atoms with Crippen LogP contribution in [0.4, 0.5) is 5.69 Å². The fourth-order valence-corrected chi connectivity index (χ4v) is 2.90. The molecule has 1 aromatic carbocycles. The van der Waals surface area contributed by atoms with Gasteiger partial charge in [0.2, 0.25) is 5.91 Å². The van der Waals surface area contributed by atoms with Gasteiger partial charge in [0.1, 0.15) is 0 Å². The highest BCUT2D eigenvalue weighted by molar-refractivity contribution is 5.94. The number of carboxylic acid groups (broad SMARTS) is 1. The number of rotatable bonds is 5. The summed E-state index contributed by atoms with van der Waals surface area (Å²) in [6.07, 6.45) is 0.615. The molecule has 1 heterocycles. The molecule has 0 aromatic heterocycles. The molecular formula is C17H25ClN2O3. The van der Waals surface area contributed by atoms with Crippen LogP contribution in [0.5, 0.6) is 0 Å². The summed E-state index contributed by atoms with van der Waals surface area (Å²) >= 11 is 0. The Hall–Kier alpha value is -1.59. The average molecular weight is 341 g/mol. The van der Waals surface area contributed by atoms with Gasteiger partial charge in [-0.15, -0.1) is 12.4 Å². The van der Waals surface area contributed by atoms with Crippen LogP contribution >= 0.6 is 12.4 Å². The van der Waals surface area contributed by atoms with Gasteiger partial charge in [0.25, 0.3) is 0 Å². The lowest BCUT2D eigenvalue weighted by Gasteiger charge is -2.19. The Labute approximate surface area is 143 Å². The Balaban J connectivity index is 0.00000264. The lowest BCUT2D eigenvalue weighted by molar-refractivity contribution is -0.141. The Bertz CT molecular complexity index is 575. The maximum Gasteiger partial charge on any atom is 0.307 e. The molecule has 23 heavy (non-hydrogen) atoms. The van der Waals surface area contributed by atoms with Crippen LogP contribution in [0.2, 0.25) is 0 Å². The molecule has 2 rings (SSSR count). The van der Waals surface area contributed by atoms with Gasteiger partial charge >= 0.3 is 5.97 Å². The highest BCUT2D eigenvalue weighted by Gasteiger charge is 2.29. The second-order valence-electron chi connectivity index (χ2n) is 6.30. The fourth-order valence-electron chi connectivity index (χ4n) is 2.90.